The second-order valence-corrected chi connectivity index (χ2v) is 3.71. The van der Waals surface area contributed by atoms with Gasteiger partial charge in [0.05, 0.1) is 13.2 Å². The molecule has 0 saturated carbocycles. The number of morpholine rings is 1. The van der Waals surface area contributed by atoms with Crippen molar-refractivity contribution in [1.82, 2.24) is 14.6 Å². The molecule has 0 amide bonds. The molecule has 84 valence electrons. The molecule has 1 saturated heterocycles. The van der Waals surface area contributed by atoms with Crippen molar-refractivity contribution in [2.75, 3.05) is 31.2 Å². The molecule has 1 aliphatic heterocycles. The second kappa shape index (κ2) is 3.64. The maximum absolute atomic E-state index is 11.7. The number of nitrogens with zero attached hydrogens (tertiary/aromatic N) is 3. The number of hydrogen-bond donors (Lipinski definition) is 1. The molecule has 2 aromatic heterocycles. The van der Waals surface area contributed by atoms with Gasteiger partial charge in [0.15, 0.2) is 5.65 Å². The van der Waals surface area contributed by atoms with Crippen LogP contribution in [-0.2, 0) is 4.74 Å². The van der Waals surface area contributed by atoms with Gasteiger partial charge in [0, 0.05) is 31.4 Å². The minimum atomic E-state index is -0.0866. The van der Waals surface area contributed by atoms with Crippen LogP contribution in [-0.4, -0.2) is 40.9 Å². The lowest BCUT2D eigenvalue weighted by molar-refractivity contribution is 0.122. The second-order valence-electron chi connectivity index (χ2n) is 3.71. The Bertz CT molecular complexity index is 553. The van der Waals surface area contributed by atoms with Gasteiger partial charge in [0.2, 0.25) is 0 Å². The van der Waals surface area contributed by atoms with E-state index in [4.69, 9.17) is 4.74 Å². The highest BCUT2D eigenvalue weighted by Crippen LogP contribution is 2.11. The van der Waals surface area contributed by atoms with Crippen LogP contribution in [0.4, 0.5) is 5.82 Å². The topological polar surface area (TPSA) is 62.6 Å². The highest BCUT2D eigenvalue weighted by atomic mass is 16.5. The van der Waals surface area contributed by atoms with Crippen LogP contribution in [0, 0.1) is 0 Å². The van der Waals surface area contributed by atoms with E-state index in [0.29, 0.717) is 18.9 Å². The summed E-state index contributed by atoms with van der Waals surface area (Å²) in [4.78, 5) is 18.2. The summed E-state index contributed by atoms with van der Waals surface area (Å²) < 4.78 is 6.69. The maximum Gasteiger partial charge on any atom is 0.274 e. The fourth-order valence-electron chi connectivity index (χ4n) is 1.87. The van der Waals surface area contributed by atoms with Crippen LogP contribution in [0.25, 0.3) is 5.65 Å². The molecule has 0 radical (unpaired) electrons. The third-order valence-electron chi connectivity index (χ3n) is 2.70. The first-order chi connectivity index (χ1) is 7.84. The molecule has 0 aromatic carbocycles. The predicted molar refractivity (Wildman–Crippen MR) is 58.8 cm³/mol. The summed E-state index contributed by atoms with van der Waals surface area (Å²) in [7, 11) is 0. The molecule has 1 fully saturated rings. The van der Waals surface area contributed by atoms with Crippen LogP contribution in [0.15, 0.2) is 23.1 Å². The number of hydrogen-bond acceptors (Lipinski definition) is 4. The number of aromatic nitrogens is 3. The van der Waals surface area contributed by atoms with Gasteiger partial charge in [0.1, 0.15) is 5.82 Å². The summed E-state index contributed by atoms with van der Waals surface area (Å²) in [6.07, 6.45) is 1.70. The SMILES string of the molecule is O=c1cc(N2CCOCC2)nc2cc[nH]n12. The van der Waals surface area contributed by atoms with Crippen LogP contribution in [0.3, 0.4) is 0 Å². The van der Waals surface area contributed by atoms with Gasteiger partial charge in [-0.3, -0.25) is 9.89 Å². The largest absolute Gasteiger partial charge is 0.378 e. The van der Waals surface area contributed by atoms with Gasteiger partial charge in [-0.1, -0.05) is 0 Å². The molecule has 1 N–H and O–H groups in total. The summed E-state index contributed by atoms with van der Waals surface area (Å²) >= 11 is 0. The van der Waals surface area contributed by atoms with E-state index < -0.39 is 0 Å². The number of nitrogens with one attached hydrogen (secondary N) is 1. The van der Waals surface area contributed by atoms with Crippen LogP contribution >= 0.6 is 0 Å². The average Bonchev–Trinajstić information content (AvgIpc) is 2.79. The summed E-state index contributed by atoms with van der Waals surface area (Å²) in [6, 6.07) is 3.33. The van der Waals surface area contributed by atoms with Gasteiger partial charge < -0.3 is 9.64 Å². The number of aromatic amines is 1. The van der Waals surface area contributed by atoms with E-state index in [0.717, 1.165) is 18.9 Å². The van der Waals surface area contributed by atoms with E-state index in [1.807, 2.05) is 0 Å². The van der Waals surface area contributed by atoms with Crippen LogP contribution in [0.5, 0.6) is 0 Å². The Morgan fingerprint density at radius 1 is 1.38 bits per heavy atom. The van der Waals surface area contributed by atoms with E-state index in [1.54, 1.807) is 18.3 Å². The predicted octanol–water partition coefficient (Wildman–Crippen LogP) is -0.141. The molecule has 0 bridgehead atoms. The molecule has 0 spiro atoms. The Morgan fingerprint density at radius 2 is 2.19 bits per heavy atom. The molecule has 6 nitrogen and oxygen atoms in total. The molecule has 0 unspecified atom stereocenters. The lowest BCUT2D eigenvalue weighted by Gasteiger charge is -2.27. The fourth-order valence-corrected chi connectivity index (χ4v) is 1.87. The molecule has 3 rings (SSSR count). The van der Waals surface area contributed by atoms with Crippen molar-refractivity contribution in [3.8, 4) is 0 Å². The van der Waals surface area contributed by atoms with Crippen LogP contribution < -0.4 is 10.5 Å². The monoisotopic (exact) mass is 220 g/mol. The van der Waals surface area contributed by atoms with Gasteiger partial charge in [-0.05, 0) is 0 Å². The van der Waals surface area contributed by atoms with E-state index >= 15 is 0 Å². The van der Waals surface area contributed by atoms with E-state index in [1.165, 1.54) is 4.52 Å². The number of fused-ring (bicyclic) bond motifs is 1. The minimum absolute atomic E-state index is 0.0866. The lowest BCUT2D eigenvalue weighted by atomic mass is 10.4. The summed E-state index contributed by atoms with van der Waals surface area (Å²) in [5.41, 5.74) is 0.561. The first-order valence-corrected chi connectivity index (χ1v) is 5.24. The fraction of sp³-hybridized carbons (Fsp3) is 0.400. The van der Waals surface area contributed by atoms with E-state index in [2.05, 4.69) is 15.0 Å². The Kier molecular flexibility index (Phi) is 2.14. The van der Waals surface area contributed by atoms with E-state index in [9.17, 15) is 4.79 Å². The Labute approximate surface area is 91.4 Å². The Morgan fingerprint density at radius 3 is 3.00 bits per heavy atom. The molecule has 3 heterocycles. The number of anilines is 1. The van der Waals surface area contributed by atoms with Gasteiger partial charge in [0.25, 0.3) is 5.56 Å². The highest BCUT2D eigenvalue weighted by Gasteiger charge is 2.14. The van der Waals surface area contributed by atoms with Crippen molar-refractivity contribution in [2.24, 2.45) is 0 Å². The number of ether oxygens (including phenoxy) is 1. The van der Waals surface area contributed by atoms with Gasteiger partial charge in [-0.15, -0.1) is 0 Å². The van der Waals surface area contributed by atoms with Crippen LogP contribution in [0.2, 0.25) is 0 Å². The standard InChI is InChI=1S/C10H12N4O2/c15-10-7-9(13-3-5-16-6-4-13)12-8-1-2-11-14(8)10/h1-2,7,11H,3-6H2. The van der Waals surface area contributed by atoms with Gasteiger partial charge in [-0.25, -0.2) is 9.50 Å². The Balaban J connectivity index is 2.06. The summed E-state index contributed by atoms with van der Waals surface area (Å²) in [6.45, 7) is 2.95. The molecule has 1 aliphatic rings. The molecule has 0 atom stereocenters. The van der Waals surface area contributed by atoms with Crippen molar-refractivity contribution in [2.45, 2.75) is 0 Å². The van der Waals surface area contributed by atoms with Crippen molar-refractivity contribution in [3.05, 3.63) is 28.7 Å². The zero-order chi connectivity index (χ0) is 11.0. The lowest BCUT2D eigenvalue weighted by Crippen LogP contribution is -2.37. The van der Waals surface area contributed by atoms with Crippen LogP contribution in [0.1, 0.15) is 0 Å². The van der Waals surface area contributed by atoms with Crippen molar-refractivity contribution in [1.29, 1.82) is 0 Å². The molecule has 0 aliphatic carbocycles. The molecule has 2 aromatic rings. The first kappa shape index (κ1) is 9.41. The Hall–Kier alpha value is -1.82. The normalized spacial score (nSPS) is 16.9. The number of H-pyrrole nitrogens is 1. The third kappa shape index (κ3) is 1.47. The maximum atomic E-state index is 11.7. The van der Waals surface area contributed by atoms with Gasteiger partial charge >= 0.3 is 0 Å². The van der Waals surface area contributed by atoms with Crippen molar-refractivity contribution in [3.63, 3.8) is 0 Å². The molecular weight excluding hydrogens is 208 g/mol. The summed E-state index contributed by atoms with van der Waals surface area (Å²) in [5.74, 6) is 0.730. The summed E-state index contributed by atoms with van der Waals surface area (Å²) in [5, 5.41) is 2.82. The van der Waals surface area contributed by atoms with Crippen molar-refractivity contribution >= 4 is 11.5 Å². The molecular formula is C10H12N4O2. The molecule has 6 heteroatoms. The van der Waals surface area contributed by atoms with E-state index in [-0.39, 0.29) is 5.56 Å². The third-order valence-corrected chi connectivity index (χ3v) is 2.70. The highest BCUT2D eigenvalue weighted by molar-refractivity contribution is 5.47. The zero-order valence-corrected chi connectivity index (χ0v) is 8.72. The van der Waals surface area contributed by atoms with Crippen molar-refractivity contribution < 1.29 is 4.74 Å². The average molecular weight is 220 g/mol. The zero-order valence-electron chi connectivity index (χ0n) is 8.72. The first-order valence-electron chi connectivity index (χ1n) is 5.24. The number of rotatable bonds is 1. The molecule has 16 heavy (non-hydrogen) atoms. The van der Waals surface area contributed by atoms with Gasteiger partial charge in [-0.2, -0.15) is 0 Å². The quantitative estimate of drug-likeness (QED) is 0.726. The smallest absolute Gasteiger partial charge is 0.274 e. The minimum Gasteiger partial charge on any atom is -0.378 e.